The molecule has 0 saturated carbocycles. The molecular weight excluding hydrogens is 376 g/mol. The molecule has 26 heavy (non-hydrogen) atoms. The molecular formula is C18H19ClN2O4S. The molecule has 2 aromatic carbocycles. The van der Waals surface area contributed by atoms with E-state index >= 15 is 0 Å². The van der Waals surface area contributed by atoms with Gasteiger partial charge in [-0.1, -0.05) is 23.7 Å². The fraction of sp³-hybridized carbons (Fsp3) is 0.278. The predicted octanol–water partition coefficient (Wildman–Crippen LogP) is 3.43. The van der Waals surface area contributed by atoms with Crippen molar-refractivity contribution < 1.29 is 17.9 Å². The van der Waals surface area contributed by atoms with Crippen molar-refractivity contribution in [2.75, 3.05) is 25.5 Å². The number of amides is 2. The summed E-state index contributed by atoms with van der Waals surface area (Å²) in [6, 6.07) is 12.8. The third-order valence-corrected chi connectivity index (χ3v) is 6.81. The van der Waals surface area contributed by atoms with Gasteiger partial charge < -0.3 is 15.0 Å². The quantitative estimate of drug-likeness (QED) is 0.861. The molecule has 1 N–H and O–H groups in total. The van der Waals surface area contributed by atoms with Crippen LogP contribution in [0.2, 0.25) is 5.02 Å². The number of nitrogens with one attached hydrogen (secondary N) is 1. The van der Waals surface area contributed by atoms with Gasteiger partial charge in [-0.25, -0.2) is 13.2 Å². The van der Waals surface area contributed by atoms with Crippen molar-refractivity contribution in [2.24, 2.45) is 0 Å². The monoisotopic (exact) mass is 394 g/mol. The topological polar surface area (TPSA) is 75.7 Å². The summed E-state index contributed by atoms with van der Waals surface area (Å²) < 4.78 is 30.7. The first-order chi connectivity index (χ1) is 12.4. The van der Waals surface area contributed by atoms with Gasteiger partial charge in [0.2, 0.25) is 0 Å². The van der Waals surface area contributed by atoms with E-state index in [1.54, 1.807) is 36.4 Å². The van der Waals surface area contributed by atoms with Crippen LogP contribution in [0.4, 0.5) is 10.5 Å². The smallest absolute Gasteiger partial charge is 0.321 e. The van der Waals surface area contributed by atoms with Gasteiger partial charge in [0.05, 0.1) is 22.9 Å². The fourth-order valence-electron chi connectivity index (χ4n) is 2.92. The van der Waals surface area contributed by atoms with Crippen molar-refractivity contribution in [3.8, 4) is 5.75 Å². The Morgan fingerprint density at radius 2 is 1.88 bits per heavy atom. The number of hydrogen-bond acceptors (Lipinski definition) is 4. The minimum Gasteiger partial charge on any atom is -0.495 e. The molecule has 6 nitrogen and oxygen atoms in total. The predicted molar refractivity (Wildman–Crippen MR) is 101 cm³/mol. The van der Waals surface area contributed by atoms with E-state index < -0.39 is 15.1 Å². The van der Waals surface area contributed by atoms with Crippen molar-refractivity contribution in [3.63, 3.8) is 0 Å². The average Bonchev–Trinajstić information content (AvgIpc) is 3.14. The molecule has 1 heterocycles. The number of nitrogens with zero attached hydrogens (tertiary/aromatic N) is 1. The maximum absolute atomic E-state index is 12.8. The Kier molecular flexibility index (Phi) is 5.38. The number of urea groups is 1. The molecule has 1 fully saturated rings. The van der Waals surface area contributed by atoms with E-state index in [0.29, 0.717) is 29.4 Å². The number of sulfone groups is 1. The molecule has 0 radical (unpaired) electrons. The van der Waals surface area contributed by atoms with Crippen LogP contribution < -0.4 is 10.1 Å². The lowest BCUT2D eigenvalue weighted by Crippen LogP contribution is -2.35. The number of methoxy groups -OCH3 is 1. The van der Waals surface area contributed by atoms with E-state index in [4.69, 9.17) is 16.3 Å². The Labute approximate surface area is 157 Å². The molecule has 2 amide bonds. The van der Waals surface area contributed by atoms with Crippen molar-refractivity contribution >= 4 is 33.2 Å². The highest BCUT2D eigenvalue weighted by atomic mass is 35.5. The Morgan fingerprint density at radius 3 is 2.58 bits per heavy atom. The molecule has 2 aromatic rings. The average molecular weight is 395 g/mol. The molecule has 0 aliphatic carbocycles. The van der Waals surface area contributed by atoms with Crippen LogP contribution in [0.1, 0.15) is 6.42 Å². The zero-order valence-electron chi connectivity index (χ0n) is 14.2. The zero-order valence-corrected chi connectivity index (χ0v) is 15.8. The Bertz CT molecular complexity index is 900. The third kappa shape index (κ3) is 3.78. The third-order valence-electron chi connectivity index (χ3n) is 4.36. The number of likely N-dealkylation sites (tertiary alicyclic amines) is 1. The molecule has 1 saturated heterocycles. The number of carbonyl (C=O) groups is 1. The second-order valence-corrected chi connectivity index (χ2v) is 8.65. The first-order valence-corrected chi connectivity index (χ1v) is 10.0. The van der Waals surface area contributed by atoms with Crippen molar-refractivity contribution in [3.05, 3.63) is 53.6 Å². The van der Waals surface area contributed by atoms with E-state index in [9.17, 15) is 13.2 Å². The highest BCUT2D eigenvalue weighted by molar-refractivity contribution is 7.92. The van der Waals surface area contributed by atoms with Crippen LogP contribution in [0.5, 0.6) is 5.75 Å². The van der Waals surface area contributed by atoms with Gasteiger partial charge in [0.25, 0.3) is 0 Å². The number of halogens is 1. The summed E-state index contributed by atoms with van der Waals surface area (Å²) in [5.41, 5.74) is 0.545. The minimum absolute atomic E-state index is 0.145. The largest absolute Gasteiger partial charge is 0.495 e. The molecule has 8 heteroatoms. The van der Waals surface area contributed by atoms with Gasteiger partial charge in [0, 0.05) is 18.1 Å². The molecule has 1 unspecified atom stereocenters. The van der Waals surface area contributed by atoms with Gasteiger partial charge in [-0.3, -0.25) is 0 Å². The lowest BCUT2D eigenvalue weighted by atomic mass is 10.3. The second kappa shape index (κ2) is 7.55. The van der Waals surface area contributed by atoms with Gasteiger partial charge >= 0.3 is 6.03 Å². The molecule has 1 aliphatic rings. The van der Waals surface area contributed by atoms with Gasteiger partial charge in [-0.2, -0.15) is 0 Å². The summed E-state index contributed by atoms with van der Waals surface area (Å²) in [4.78, 5) is 14.2. The first-order valence-electron chi connectivity index (χ1n) is 8.10. The van der Waals surface area contributed by atoms with Gasteiger partial charge in [-0.15, -0.1) is 0 Å². The van der Waals surface area contributed by atoms with Crippen molar-refractivity contribution in [1.82, 2.24) is 4.90 Å². The molecule has 0 spiro atoms. The summed E-state index contributed by atoms with van der Waals surface area (Å²) in [6.45, 7) is 0.518. The Morgan fingerprint density at radius 1 is 1.19 bits per heavy atom. The van der Waals surface area contributed by atoms with Crippen LogP contribution in [0, 0.1) is 0 Å². The number of rotatable bonds is 4. The maximum atomic E-state index is 12.8. The first kappa shape index (κ1) is 18.5. The van der Waals surface area contributed by atoms with Crippen LogP contribution >= 0.6 is 11.6 Å². The number of ether oxygens (including phenoxy) is 1. The lowest BCUT2D eigenvalue weighted by molar-refractivity contribution is 0.222. The highest BCUT2D eigenvalue weighted by Crippen LogP contribution is 2.27. The van der Waals surface area contributed by atoms with Crippen LogP contribution in [0.15, 0.2) is 53.4 Å². The maximum Gasteiger partial charge on any atom is 0.321 e. The molecule has 1 aliphatic heterocycles. The number of para-hydroxylation sites is 2. The number of benzene rings is 2. The van der Waals surface area contributed by atoms with Crippen LogP contribution in [0.3, 0.4) is 0 Å². The van der Waals surface area contributed by atoms with E-state index in [-0.39, 0.29) is 17.5 Å². The molecule has 0 bridgehead atoms. The Hall–Kier alpha value is -2.25. The normalized spacial score (nSPS) is 17.2. The SMILES string of the molecule is COc1ccccc1NC(=O)N1CCC(S(=O)(=O)c2ccc(Cl)cc2)C1. The summed E-state index contributed by atoms with van der Waals surface area (Å²) >= 11 is 5.82. The number of hydrogen-bond donors (Lipinski definition) is 1. The highest BCUT2D eigenvalue weighted by Gasteiger charge is 2.36. The molecule has 138 valence electrons. The van der Waals surface area contributed by atoms with Gasteiger partial charge in [0.1, 0.15) is 5.75 Å². The van der Waals surface area contributed by atoms with Crippen molar-refractivity contribution in [2.45, 2.75) is 16.6 Å². The van der Waals surface area contributed by atoms with Crippen LogP contribution in [-0.2, 0) is 9.84 Å². The minimum atomic E-state index is -3.51. The van der Waals surface area contributed by atoms with E-state index in [1.165, 1.54) is 24.1 Å². The number of carbonyl (C=O) groups excluding carboxylic acids is 1. The second-order valence-electron chi connectivity index (χ2n) is 5.99. The van der Waals surface area contributed by atoms with E-state index in [2.05, 4.69) is 5.32 Å². The molecule has 0 aromatic heterocycles. The lowest BCUT2D eigenvalue weighted by Gasteiger charge is -2.18. The molecule has 3 rings (SSSR count). The Balaban J connectivity index is 1.70. The van der Waals surface area contributed by atoms with E-state index in [0.717, 1.165) is 0 Å². The summed E-state index contributed by atoms with van der Waals surface area (Å²) in [5.74, 6) is 0.547. The number of anilines is 1. The standard InChI is InChI=1S/C18H19ClN2O4S/c1-25-17-5-3-2-4-16(17)20-18(22)21-11-10-15(12-21)26(23,24)14-8-6-13(19)7-9-14/h2-9,15H,10-12H2,1H3,(H,20,22). The van der Waals surface area contributed by atoms with Gasteiger partial charge in [-0.05, 0) is 42.8 Å². The summed E-state index contributed by atoms with van der Waals surface area (Å²) in [6.07, 6.45) is 0.393. The zero-order chi connectivity index (χ0) is 18.7. The van der Waals surface area contributed by atoms with Crippen molar-refractivity contribution in [1.29, 1.82) is 0 Å². The van der Waals surface area contributed by atoms with Crippen LogP contribution in [-0.4, -0.2) is 44.8 Å². The van der Waals surface area contributed by atoms with Crippen LogP contribution in [0.25, 0.3) is 0 Å². The summed E-state index contributed by atoms with van der Waals surface area (Å²) in [5, 5.41) is 2.62. The molecule has 1 atom stereocenters. The van der Waals surface area contributed by atoms with E-state index in [1.807, 2.05) is 0 Å². The summed E-state index contributed by atoms with van der Waals surface area (Å²) in [7, 11) is -1.99. The van der Waals surface area contributed by atoms with Gasteiger partial charge in [0.15, 0.2) is 9.84 Å². The fourth-order valence-corrected chi connectivity index (χ4v) is 4.74.